The second kappa shape index (κ2) is 6.76. The van der Waals surface area contributed by atoms with E-state index in [1.807, 2.05) is 20.8 Å². The first kappa shape index (κ1) is 17.9. The predicted octanol–water partition coefficient (Wildman–Crippen LogP) is 3.51. The monoisotopic (exact) mass is 379 g/mol. The van der Waals surface area contributed by atoms with Gasteiger partial charge >= 0.3 is 0 Å². The topological polar surface area (TPSA) is 62.3 Å². The molecule has 1 saturated heterocycles. The van der Waals surface area contributed by atoms with Gasteiger partial charge in [0, 0.05) is 16.2 Å². The molecule has 1 unspecified atom stereocenters. The zero-order valence-electron chi connectivity index (χ0n) is 14.1. The lowest BCUT2D eigenvalue weighted by atomic mass is 10.1. The number of halogens is 1. The van der Waals surface area contributed by atoms with Crippen LogP contribution in [0.4, 0.5) is 9.52 Å². The Morgan fingerprint density at radius 1 is 1.40 bits per heavy atom. The maximum absolute atomic E-state index is 13.1. The van der Waals surface area contributed by atoms with Crippen LogP contribution in [0.1, 0.15) is 18.7 Å². The molecule has 132 valence electrons. The highest BCUT2D eigenvalue weighted by Crippen LogP contribution is 2.38. The van der Waals surface area contributed by atoms with Crippen molar-refractivity contribution in [3.05, 3.63) is 35.0 Å². The van der Waals surface area contributed by atoms with Crippen LogP contribution in [-0.2, 0) is 9.59 Å². The van der Waals surface area contributed by atoms with Crippen molar-refractivity contribution in [1.82, 2.24) is 9.88 Å². The van der Waals surface area contributed by atoms with Crippen LogP contribution in [0.15, 0.2) is 24.3 Å². The molecular weight excluding hydrogens is 361 g/mol. The first-order chi connectivity index (χ1) is 11.8. The van der Waals surface area contributed by atoms with E-state index in [0.717, 1.165) is 16.9 Å². The molecule has 0 saturated carbocycles. The summed E-state index contributed by atoms with van der Waals surface area (Å²) in [7, 11) is 0. The number of benzene rings is 1. The molecule has 1 aliphatic heterocycles. The van der Waals surface area contributed by atoms with Gasteiger partial charge in [0.25, 0.3) is 0 Å². The van der Waals surface area contributed by atoms with Crippen molar-refractivity contribution >= 4 is 40.5 Å². The number of hydrogen-bond acceptors (Lipinski definition) is 5. The minimum atomic E-state index is -0.518. The fourth-order valence-electron chi connectivity index (χ4n) is 2.73. The fourth-order valence-corrected chi connectivity index (χ4v) is 4.77. The normalized spacial score (nSPS) is 19.0. The highest BCUT2D eigenvalue weighted by atomic mass is 32.2. The van der Waals surface area contributed by atoms with Crippen molar-refractivity contribution in [2.45, 2.75) is 31.7 Å². The van der Waals surface area contributed by atoms with Gasteiger partial charge < -0.3 is 10.2 Å². The molecule has 5 nitrogen and oxygen atoms in total. The van der Waals surface area contributed by atoms with E-state index in [-0.39, 0.29) is 11.7 Å². The van der Waals surface area contributed by atoms with Gasteiger partial charge in [-0.3, -0.25) is 9.59 Å². The van der Waals surface area contributed by atoms with Gasteiger partial charge in [-0.05, 0) is 45.0 Å². The third-order valence-electron chi connectivity index (χ3n) is 4.11. The molecule has 0 spiro atoms. The Labute approximate surface area is 153 Å². The van der Waals surface area contributed by atoms with Crippen molar-refractivity contribution < 1.29 is 14.0 Å². The summed E-state index contributed by atoms with van der Waals surface area (Å²) in [6.07, 6.45) is 0.724. The van der Waals surface area contributed by atoms with Crippen molar-refractivity contribution in [1.29, 1.82) is 0 Å². The lowest BCUT2D eigenvalue weighted by molar-refractivity contribution is -0.130. The molecule has 2 amide bonds. The second-order valence-electron chi connectivity index (χ2n) is 6.21. The summed E-state index contributed by atoms with van der Waals surface area (Å²) in [5.74, 6) is -0.00252. The predicted molar refractivity (Wildman–Crippen MR) is 99.1 cm³/mol. The fraction of sp³-hybridized carbons (Fsp3) is 0.353. The first-order valence-corrected chi connectivity index (χ1v) is 9.54. The number of anilines is 1. The molecule has 1 aliphatic rings. The molecule has 1 atom stereocenters. The van der Waals surface area contributed by atoms with Crippen molar-refractivity contribution in [3.63, 3.8) is 0 Å². The average Bonchev–Trinajstić information content (AvgIpc) is 3.07. The SMILES string of the molecule is Cc1sc(NC(=O)C2CSC(C)(C)N2C=O)nc1-c1ccc(F)cc1. The van der Waals surface area contributed by atoms with Gasteiger partial charge in [-0.25, -0.2) is 9.37 Å². The van der Waals surface area contributed by atoms with Crippen LogP contribution in [-0.4, -0.2) is 38.9 Å². The number of aromatic nitrogens is 1. The second-order valence-corrected chi connectivity index (χ2v) is 9.03. The Hall–Kier alpha value is -1.93. The average molecular weight is 379 g/mol. The molecule has 25 heavy (non-hydrogen) atoms. The molecule has 1 fully saturated rings. The van der Waals surface area contributed by atoms with E-state index in [4.69, 9.17) is 0 Å². The van der Waals surface area contributed by atoms with Crippen LogP contribution >= 0.6 is 23.1 Å². The van der Waals surface area contributed by atoms with Crippen LogP contribution in [0.3, 0.4) is 0 Å². The number of hydrogen-bond donors (Lipinski definition) is 1. The van der Waals surface area contributed by atoms with E-state index >= 15 is 0 Å². The molecule has 0 bridgehead atoms. The Morgan fingerprint density at radius 3 is 2.72 bits per heavy atom. The highest BCUT2D eigenvalue weighted by molar-refractivity contribution is 8.00. The third kappa shape index (κ3) is 3.55. The Bertz CT molecular complexity index is 805. The van der Waals surface area contributed by atoms with Gasteiger partial charge in [0.05, 0.1) is 10.6 Å². The summed E-state index contributed by atoms with van der Waals surface area (Å²) in [6.45, 7) is 5.73. The smallest absolute Gasteiger partial charge is 0.249 e. The number of rotatable bonds is 4. The summed E-state index contributed by atoms with van der Waals surface area (Å²) in [5.41, 5.74) is 1.51. The lowest BCUT2D eigenvalue weighted by Gasteiger charge is -2.29. The van der Waals surface area contributed by atoms with E-state index in [1.165, 1.54) is 28.4 Å². The minimum Gasteiger partial charge on any atom is -0.318 e. The Kier molecular flexibility index (Phi) is 4.83. The molecule has 1 N–H and O–H groups in total. The van der Waals surface area contributed by atoms with Gasteiger partial charge in [0.1, 0.15) is 11.9 Å². The zero-order chi connectivity index (χ0) is 18.2. The van der Waals surface area contributed by atoms with Gasteiger partial charge in [0.2, 0.25) is 12.3 Å². The van der Waals surface area contributed by atoms with Crippen molar-refractivity contribution in [2.24, 2.45) is 0 Å². The van der Waals surface area contributed by atoms with Crippen molar-refractivity contribution in [3.8, 4) is 11.3 Å². The largest absolute Gasteiger partial charge is 0.318 e. The van der Waals surface area contributed by atoms with Crippen LogP contribution < -0.4 is 5.32 Å². The summed E-state index contributed by atoms with van der Waals surface area (Å²) >= 11 is 2.93. The molecule has 1 aromatic carbocycles. The maximum Gasteiger partial charge on any atom is 0.249 e. The number of amides is 2. The molecule has 1 aromatic heterocycles. The van der Waals surface area contributed by atoms with Gasteiger partial charge in [-0.1, -0.05) is 0 Å². The lowest BCUT2D eigenvalue weighted by Crippen LogP contribution is -2.47. The van der Waals surface area contributed by atoms with Crippen LogP contribution in [0.25, 0.3) is 11.3 Å². The minimum absolute atomic E-state index is 0.246. The number of aryl methyl sites for hydroxylation is 1. The van der Waals surface area contributed by atoms with Crippen LogP contribution in [0.2, 0.25) is 0 Å². The number of thiazole rings is 1. The standard InChI is InChI=1S/C17H18FN3O2S2/c1-10-14(11-4-6-12(18)7-5-11)19-16(25-10)20-15(23)13-8-24-17(2,3)21(13)9-22/h4-7,9,13H,8H2,1-3H3,(H,19,20,23). The summed E-state index contributed by atoms with van der Waals surface area (Å²) in [5, 5.41) is 3.28. The van der Waals surface area contributed by atoms with Crippen molar-refractivity contribution in [2.75, 3.05) is 11.1 Å². The molecule has 2 aromatic rings. The summed E-state index contributed by atoms with van der Waals surface area (Å²) in [4.78, 5) is 30.4. The van der Waals surface area contributed by atoms with E-state index < -0.39 is 10.9 Å². The van der Waals surface area contributed by atoms with E-state index in [0.29, 0.717) is 16.6 Å². The van der Waals surface area contributed by atoms with Gasteiger partial charge in [-0.2, -0.15) is 0 Å². The summed E-state index contributed by atoms with van der Waals surface area (Å²) < 4.78 is 13.1. The number of nitrogens with zero attached hydrogens (tertiary/aromatic N) is 2. The van der Waals surface area contributed by atoms with E-state index in [1.54, 1.807) is 23.9 Å². The molecular formula is C17H18FN3O2S2. The Balaban J connectivity index is 1.78. The number of nitrogens with one attached hydrogen (secondary N) is 1. The van der Waals surface area contributed by atoms with Crippen LogP contribution in [0.5, 0.6) is 0 Å². The number of carbonyl (C=O) groups excluding carboxylic acids is 2. The van der Waals surface area contributed by atoms with E-state index in [9.17, 15) is 14.0 Å². The molecule has 0 aliphatic carbocycles. The third-order valence-corrected chi connectivity index (χ3v) is 6.40. The molecule has 2 heterocycles. The quantitative estimate of drug-likeness (QED) is 0.826. The number of carbonyl (C=O) groups is 2. The highest BCUT2D eigenvalue weighted by Gasteiger charge is 2.43. The summed E-state index contributed by atoms with van der Waals surface area (Å²) in [6, 6.07) is 5.56. The van der Waals surface area contributed by atoms with Gasteiger partial charge in [0.15, 0.2) is 5.13 Å². The molecule has 3 rings (SSSR count). The van der Waals surface area contributed by atoms with E-state index in [2.05, 4.69) is 10.3 Å². The number of thioether (sulfide) groups is 1. The first-order valence-electron chi connectivity index (χ1n) is 7.74. The zero-order valence-corrected chi connectivity index (χ0v) is 15.7. The Morgan fingerprint density at radius 2 is 2.08 bits per heavy atom. The maximum atomic E-state index is 13.1. The van der Waals surface area contributed by atoms with Gasteiger partial charge in [-0.15, -0.1) is 23.1 Å². The molecule has 0 radical (unpaired) electrons. The molecule has 8 heteroatoms. The van der Waals surface area contributed by atoms with Crippen LogP contribution in [0, 0.1) is 12.7 Å².